The molecular formula is C19H21NO5S. The minimum atomic E-state index is -0.717. The summed E-state index contributed by atoms with van der Waals surface area (Å²) in [6.45, 7) is 1.67. The van der Waals surface area contributed by atoms with Crippen LogP contribution in [0, 0.1) is 0 Å². The van der Waals surface area contributed by atoms with Gasteiger partial charge in [-0.05, 0) is 56.0 Å². The SMILES string of the molecule is COC(=O)c1c(NC(=O)[C@@H](C)Oc2ccc(OC)cc2)sc2c1CCC2. The molecule has 26 heavy (non-hydrogen) atoms. The molecule has 1 amide bonds. The topological polar surface area (TPSA) is 73.9 Å². The van der Waals surface area contributed by atoms with Crippen molar-refractivity contribution in [1.82, 2.24) is 0 Å². The molecule has 2 aromatic rings. The highest BCUT2D eigenvalue weighted by Crippen LogP contribution is 2.39. The molecule has 0 unspecified atom stereocenters. The number of carbonyl (C=O) groups excluding carboxylic acids is 2. The van der Waals surface area contributed by atoms with E-state index in [-0.39, 0.29) is 5.91 Å². The maximum atomic E-state index is 12.5. The second-order valence-electron chi connectivity index (χ2n) is 5.98. The zero-order valence-electron chi connectivity index (χ0n) is 15.0. The molecule has 1 N–H and O–H groups in total. The summed E-state index contributed by atoms with van der Waals surface area (Å²) < 4.78 is 15.7. The first-order valence-corrected chi connectivity index (χ1v) is 9.19. The molecular weight excluding hydrogens is 354 g/mol. The van der Waals surface area contributed by atoms with Crippen molar-refractivity contribution in [1.29, 1.82) is 0 Å². The summed E-state index contributed by atoms with van der Waals surface area (Å²) in [5.41, 5.74) is 1.48. The van der Waals surface area contributed by atoms with Crippen LogP contribution >= 0.6 is 11.3 Å². The Morgan fingerprint density at radius 3 is 2.46 bits per heavy atom. The van der Waals surface area contributed by atoms with E-state index >= 15 is 0 Å². The fourth-order valence-electron chi connectivity index (χ4n) is 2.94. The van der Waals surface area contributed by atoms with Crippen LogP contribution in [0.15, 0.2) is 24.3 Å². The molecule has 1 aliphatic carbocycles. The molecule has 0 saturated heterocycles. The lowest BCUT2D eigenvalue weighted by Gasteiger charge is -2.15. The van der Waals surface area contributed by atoms with Crippen LogP contribution in [0.1, 0.15) is 34.1 Å². The molecule has 1 atom stereocenters. The van der Waals surface area contributed by atoms with Crippen LogP contribution in [-0.2, 0) is 22.4 Å². The molecule has 7 heteroatoms. The van der Waals surface area contributed by atoms with Gasteiger partial charge < -0.3 is 19.5 Å². The van der Waals surface area contributed by atoms with Crippen LogP contribution < -0.4 is 14.8 Å². The molecule has 0 aliphatic heterocycles. The summed E-state index contributed by atoms with van der Waals surface area (Å²) in [5.74, 6) is 0.551. The van der Waals surface area contributed by atoms with Crippen molar-refractivity contribution in [3.8, 4) is 11.5 Å². The molecule has 0 bridgehead atoms. The number of thiophene rings is 1. The lowest BCUT2D eigenvalue weighted by molar-refractivity contribution is -0.122. The highest BCUT2D eigenvalue weighted by Gasteiger charge is 2.29. The average molecular weight is 375 g/mol. The molecule has 0 saturated carbocycles. The number of ether oxygens (including phenoxy) is 3. The van der Waals surface area contributed by atoms with Crippen LogP contribution in [0.25, 0.3) is 0 Å². The van der Waals surface area contributed by atoms with Gasteiger partial charge in [0.1, 0.15) is 16.5 Å². The second-order valence-corrected chi connectivity index (χ2v) is 7.08. The fraction of sp³-hybridized carbons (Fsp3) is 0.368. The largest absolute Gasteiger partial charge is 0.497 e. The number of hydrogen-bond acceptors (Lipinski definition) is 6. The zero-order valence-corrected chi connectivity index (χ0v) is 15.8. The lowest BCUT2D eigenvalue weighted by Crippen LogP contribution is -2.30. The van der Waals surface area contributed by atoms with E-state index in [1.807, 2.05) is 0 Å². The van der Waals surface area contributed by atoms with Crippen LogP contribution in [0.2, 0.25) is 0 Å². The minimum absolute atomic E-state index is 0.314. The van der Waals surface area contributed by atoms with Crippen LogP contribution in [0.3, 0.4) is 0 Å². The third-order valence-electron chi connectivity index (χ3n) is 4.29. The first kappa shape index (κ1) is 18.3. The maximum absolute atomic E-state index is 12.5. The van der Waals surface area contributed by atoms with Gasteiger partial charge in [-0.2, -0.15) is 0 Å². The smallest absolute Gasteiger partial charge is 0.341 e. The number of esters is 1. The van der Waals surface area contributed by atoms with Crippen molar-refractivity contribution in [2.45, 2.75) is 32.3 Å². The summed E-state index contributed by atoms with van der Waals surface area (Å²) >= 11 is 1.44. The Bertz CT molecular complexity index is 812. The van der Waals surface area contributed by atoms with Gasteiger partial charge in [0, 0.05) is 4.88 Å². The third kappa shape index (κ3) is 3.67. The van der Waals surface area contributed by atoms with E-state index in [9.17, 15) is 9.59 Å². The Morgan fingerprint density at radius 1 is 1.12 bits per heavy atom. The monoisotopic (exact) mass is 375 g/mol. The Labute approximate surface area is 156 Å². The number of anilines is 1. The van der Waals surface area contributed by atoms with Crippen LogP contribution in [-0.4, -0.2) is 32.2 Å². The Kier molecular flexibility index (Phi) is 5.46. The van der Waals surface area contributed by atoms with Crippen molar-refractivity contribution < 1.29 is 23.8 Å². The Morgan fingerprint density at radius 2 is 1.81 bits per heavy atom. The van der Waals surface area contributed by atoms with Crippen molar-refractivity contribution >= 4 is 28.2 Å². The first-order chi connectivity index (χ1) is 12.5. The van der Waals surface area contributed by atoms with E-state index < -0.39 is 12.1 Å². The van der Waals surface area contributed by atoms with Gasteiger partial charge in [-0.1, -0.05) is 0 Å². The normalized spacial score (nSPS) is 13.7. The molecule has 1 aromatic carbocycles. The molecule has 0 fully saturated rings. The molecule has 6 nitrogen and oxygen atoms in total. The lowest BCUT2D eigenvalue weighted by atomic mass is 10.1. The fourth-order valence-corrected chi connectivity index (χ4v) is 4.22. The molecule has 0 radical (unpaired) electrons. The van der Waals surface area contributed by atoms with Gasteiger partial charge in [-0.3, -0.25) is 4.79 Å². The Hall–Kier alpha value is -2.54. The molecule has 3 rings (SSSR count). The van der Waals surface area contributed by atoms with Gasteiger partial charge in [0.2, 0.25) is 0 Å². The number of amides is 1. The average Bonchev–Trinajstić information content (AvgIpc) is 3.22. The Balaban J connectivity index is 1.72. The number of nitrogens with one attached hydrogen (secondary N) is 1. The van der Waals surface area contributed by atoms with Gasteiger partial charge >= 0.3 is 5.97 Å². The molecule has 1 aromatic heterocycles. The molecule has 138 valence electrons. The number of rotatable bonds is 6. The second kappa shape index (κ2) is 7.78. The van der Waals surface area contributed by atoms with Crippen molar-refractivity contribution in [2.75, 3.05) is 19.5 Å². The van der Waals surface area contributed by atoms with Crippen molar-refractivity contribution in [2.24, 2.45) is 0 Å². The van der Waals surface area contributed by atoms with E-state index in [2.05, 4.69) is 5.32 Å². The highest BCUT2D eigenvalue weighted by molar-refractivity contribution is 7.17. The van der Waals surface area contributed by atoms with Gasteiger partial charge in [-0.25, -0.2) is 4.79 Å². The molecule has 0 spiro atoms. The van der Waals surface area contributed by atoms with Crippen LogP contribution in [0.4, 0.5) is 5.00 Å². The van der Waals surface area contributed by atoms with Crippen molar-refractivity contribution in [3.63, 3.8) is 0 Å². The summed E-state index contributed by atoms with van der Waals surface area (Å²) in [6.07, 6.45) is 2.07. The van der Waals surface area contributed by atoms with E-state index in [4.69, 9.17) is 14.2 Å². The van der Waals surface area contributed by atoms with Gasteiger partial charge in [0.15, 0.2) is 6.10 Å². The number of aryl methyl sites for hydroxylation is 1. The first-order valence-electron chi connectivity index (χ1n) is 8.38. The number of fused-ring (bicyclic) bond motifs is 1. The van der Waals surface area contributed by atoms with Crippen LogP contribution in [0.5, 0.6) is 11.5 Å². The van der Waals surface area contributed by atoms with E-state index in [1.165, 1.54) is 18.4 Å². The van der Waals surface area contributed by atoms with Crippen molar-refractivity contribution in [3.05, 3.63) is 40.3 Å². The summed E-state index contributed by atoms with van der Waals surface area (Å²) in [6, 6.07) is 7.00. The highest BCUT2D eigenvalue weighted by atomic mass is 32.1. The van der Waals surface area contributed by atoms with E-state index in [1.54, 1.807) is 38.3 Å². The quantitative estimate of drug-likeness (QED) is 0.783. The van der Waals surface area contributed by atoms with Gasteiger partial charge in [0.05, 0.1) is 19.8 Å². The van der Waals surface area contributed by atoms with E-state index in [0.717, 1.165) is 29.7 Å². The number of methoxy groups -OCH3 is 2. The predicted molar refractivity (Wildman–Crippen MR) is 99.4 cm³/mol. The standard InChI is InChI=1S/C19H21NO5S/c1-11(25-13-9-7-12(23-2)8-10-13)17(21)20-18-16(19(22)24-3)14-5-4-6-15(14)26-18/h7-11H,4-6H2,1-3H3,(H,20,21)/t11-/m1/s1. The van der Waals surface area contributed by atoms with Gasteiger partial charge in [0.25, 0.3) is 5.91 Å². The summed E-state index contributed by atoms with van der Waals surface area (Å²) in [5, 5.41) is 3.37. The molecule has 1 heterocycles. The maximum Gasteiger partial charge on any atom is 0.341 e. The summed E-state index contributed by atoms with van der Waals surface area (Å²) in [4.78, 5) is 25.8. The summed E-state index contributed by atoms with van der Waals surface area (Å²) in [7, 11) is 2.94. The zero-order chi connectivity index (χ0) is 18.7. The number of carbonyl (C=O) groups is 2. The number of benzene rings is 1. The number of hydrogen-bond donors (Lipinski definition) is 1. The predicted octanol–water partition coefficient (Wildman–Crippen LogP) is 3.44. The minimum Gasteiger partial charge on any atom is -0.497 e. The third-order valence-corrected chi connectivity index (χ3v) is 5.50. The molecule has 1 aliphatic rings. The van der Waals surface area contributed by atoms with E-state index in [0.29, 0.717) is 22.1 Å². The van der Waals surface area contributed by atoms with Gasteiger partial charge in [-0.15, -0.1) is 11.3 Å².